The standard InChI is InChI=1S/C25H34/c1-18(2)16-21(25(3,4)5)17-20-15-14-19-10-6-7-11-22(19)24-13-9-8-12-23(20)24/h6-13,18,20-21H,14-17H2,1-5H3. The summed E-state index contributed by atoms with van der Waals surface area (Å²) in [5.74, 6) is 2.21. The van der Waals surface area contributed by atoms with E-state index in [9.17, 15) is 0 Å². The molecule has 0 aliphatic heterocycles. The highest BCUT2D eigenvalue weighted by molar-refractivity contribution is 5.72. The zero-order valence-corrected chi connectivity index (χ0v) is 16.7. The summed E-state index contributed by atoms with van der Waals surface area (Å²) in [7, 11) is 0. The van der Waals surface area contributed by atoms with E-state index in [4.69, 9.17) is 0 Å². The number of hydrogen-bond acceptors (Lipinski definition) is 0. The second-order valence-corrected chi connectivity index (χ2v) is 9.41. The molecule has 0 heterocycles. The minimum absolute atomic E-state index is 0.373. The molecule has 0 amide bonds. The lowest BCUT2D eigenvalue weighted by Gasteiger charge is -2.35. The van der Waals surface area contributed by atoms with E-state index in [-0.39, 0.29) is 0 Å². The number of fused-ring (bicyclic) bond motifs is 3. The van der Waals surface area contributed by atoms with Crippen molar-refractivity contribution in [3.05, 3.63) is 59.7 Å². The van der Waals surface area contributed by atoms with E-state index in [1.54, 1.807) is 5.56 Å². The quantitative estimate of drug-likeness (QED) is 0.543. The van der Waals surface area contributed by atoms with Gasteiger partial charge in [0, 0.05) is 0 Å². The summed E-state index contributed by atoms with van der Waals surface area (Å²) >= 11 is 0. The molecule has 2 atom stereocenters. The van der Waals surface area contributed by atoms with Crippen LogP contribution >= 0.6 is 0 Å². The van der Waals surface area contributed by atoms with Crippen LogP contribution in [0.5, 0.6) is 0 Å². The summed E-state index contributed by atoms with van der Waals surface area (Å²) in [4.78, 5) is 0. The molecule has 0 nitrogen and oxygen atoms in total. The van der Waals surface area contributed by atoms with E-state index in [1.807, 2.05) is 0 Å². The van der Waals surface area contributed by atoms with E-state index in [1.165, 1.54) is 42.4 Å². The molecule has 0 bridgehead atoms. The summed E-state index contributed by atoms with van der Waals surface area (Å²) in [6, 6.07) is 18.2. The number of hydrogen-bond donors (Lipinski definition) is 0. The van der Waals surface area contributed by atoms with Gasteiger partial charge in [-0.15, -0.1) is 0 Å². The summed E-state index contributed by atoms with van der Waals surface area (Å²) in [5.41, 5.74) is 6.40. The first-order valence-corrected chi connectivity index (χ1v) is 10.0. The van der Waals surface area contributed by atoms with Crippen molar-refractivity contribution < 1.29 is 0 Å². The lowest BCUT2D eigenvalue weighted by atomic mass is 9.70. The zero-order valence-electron chi connectivity index (χ0n) is 16.7. The summed E-state index contributed by atoms with van der Waals surface area (Å²) in [6.45, 7) is 12.0. The van der Waals surface area contributed by atoms with Crippen LogP contribution in [0.25, 0.3) is 11.1 Å². The number of aryl methyl sites for hydroxylation is 1. The third kappa shape index (κ3) is 4.17. The Hall–Kier alpha value is -1.56. The Morgan fingerprint density at radius 1 is 0.920 bits per heavy atom. The van der Waals surface area contributed by atoms with Crippen LogP contribution in [0.15, 0.2) is 48.5 Å². The molecule has 2 aromatic rings. The highest BCUT2D eigenvalue weighted by Crippen LogP contribution is 2.44. The molecule has 3 rings (SSSR count). The molecule has 1 aliphatic carbocycles. The largest absolute Gasteiger partial charge is 0.0628 e. The molecule has 2 unspecified atom stereocenters. The van der Waals surface area contributed by atoms with Crippen LogP contribution < -0.4 is 0 Å². The lowest BCUT2D eigenvalue weighted by molar-refractivity contribution is 0.178. The van der Waals surface area contributed by atoms with Crippen molar-refractivity contribution in [2.75, 3.05) is 0 Å². The summed E-state index contributed by atoms with van der Waals surface area (Å²) in [6.07, 6.45) is 5.12. The van der Waals surface area contributed by atoms with Gasteiger partial charge in [-0.25, -0.2) is 0 Å². The lowest BCUT2D eigenvalue weighted by Crippen LogP contribution is -2.24. The van der Waals surface area contributed by atoms with Gasteiger partial charge in [-0.05, 0) is 71.1 Å². The topological polar surface area (TPSA) is 0 Å². The molecular weight excluding hydrogens is 300 g/mol. The third-order valence-electron chi connectivity index (χ3n) is 6.02. The van der Waals surface area contributed by atoms with Crippen LogP contribution in [0.3, 0.4) is 0 Å². The molecule has 0 saturated heterocycles. The second-order valence-electron chi connectivity index (χ2n) is 9.41. The van der Waals surface area contributed by atoms with Crippen LogP contribution in [0.2, 0.25) is 0 Å². The fraction of sp³-hybridized carbons (Fsp3) is 0.520. The van der Waals surface area contributed by atoms with E-state index in [2.05, 4.69) is 83.1 Å². The van der Waals surface area contributed by atoms with Crippen molar-refractivity contribution >= 4 is 0 Å². The van der Waals surface area contributed by atoms with Crippen molar-refractivity contribution in [1.29, 1.82) is 0 Å². The molecule has 0 fully saturated rings. The second kappa shape index (κ2) is 7.36. The van der Waals surface area contributed by atoms with Gasteiger partial charge in [-0.1, -0.05) is 83.1 Å². The first kappa shape index (κ1) is 18.2. The predicted octanol–water partition coefficient (Wildman–Crippen LogP) is 7.48. The molecule has 0 N–H and O–H groups in total. The Kier molecular flexibility index (Phi) is 5.37. The Labute approximate surface area is 154 Å². The maximum Gasteiger partial charge on any atom is -0.0146 e. The van der Waals surface area contributed by atoms with Gasteiger partial charge in [0.15, 0.2) is 0 Å². The predicted molar refractivity (Wildman–Crippen MR) is 110 cm³/mol. The van der Waals surface area contributed by atoms with Crippen molar-refractivity contribution in [3.8, 4) is 11.1 Å². The number of rotatable bonds is 4. The fourth-order valence-electron chi connectivity index (χ4n) is 4.55. The van der Waals surface area contributed by atoms with Gasteiger partial charge >= 0.3 is 0 Å². The molecule has 0 heteroatoms. The molecule has 1 aliphatic rings. The normalized spacial score (nSPS) is 18.4. The molecule has 0 spiro atoms. The average Bonchev–Trinajstić information content (AvgIpc) is 2.71. The van der Waals surface area contributed by atoms with Crippen molar-refractivity contribution in [2.24, 2.45) is 17.3 Å². The molecule has 25 heavy (non-hydrogen) atoms. The van der Waals surface area contributed by atoms with Gasteiger partial charge in [0.25, 0.3) is 0 Å². The zero-order chi connectivity index (χ0) is 18.0. The summed E-state index contributed by atoms with van der Waals surface area (Å²) in [5, 5.41) is 0. The highest BCUT2D eigenvalue weighted by Gasteiger charge is 2.30. The maximum atomic E-state index is 2.43. The Morgan fingerprint density at radius 3 is 2.24 bits per heavy atom. The fourth-order valence-corrected chi connectivity index (χ4v) is 4.55. The van der Waals surface area contributed by atoms with Gasteiger partial charge < -0.3 is 0 Å². The van der Waals surface area contributed by atoms with Gasteiger partial charge in [0.2, 0.25) is 0 Å². The van der Waals surface area contributed by atoms with Gasteiger partial charge in [0.1, 0.15) is 0 Å². The van der Waals surface area contributed by atoms with E-state index >= 15 is 0 Å². The Morgan fingerprint density at radius 2 is 1.56 bits per heavy atom. The van der Waals surface area contributed by atoms with Crippen LogP contribution in [-0.2, 0) is 6.42 Å². The van der Waals surface area contributed by atoms with E-state index in [0.29, 0.717) is 11.3 Å². The van der Waals surface area contributed by atoms with Gasteiger partial charge in [0.05, 0.1) is 0 Å². The molecule has 2 aromatic carbocycles. The van der Waals surface area contributed by atoms with Crippen LogP contribution in [-0.4, -0.2) is 0 Å². The van der Waals surface area contributed by atoms with Crippen molar-refractivity contribution in [3.63, 3.8) is 0 Å². The molecule has 0 saturated carbocycles. The highest BCUT2D eigenvalue weighted by atomic mass is 14.4. The molecule has 134 valence electrons. The van der Waals surface area contributed by atoms with E-state index in [0.717, 1.165) is 11.8 Å². The summed E-state index contributed by atoms with van der Waals surface area (Å²) < 4.78 is 0. The number of benzene rings is 2. The van der Waals surface area contributed by atoms with Crippen molar-refractivity contribution in [1.82, 2.24) is 0 Å². The Bertz CT molecular complexity index is 702. The van der Waals surface area contributed by atoms with E-state index < -0.39 is 0 Å². The molecule has 0 aromatic heterocycles. The first-order chi connectivity index (χ1) is 11.9. The third-order valence-corrected chi connectivity index (χ3v) is 6.02. The maximum absolute atomic E-state index is 2.43. The minimum atomic E-state index is 0.373. The van der Waals surface area contributed by atoms with Gasteiger partial charge in [-0.2, -0.15) is 0 Å². The first-order valence-electron chi connectivity index (χ1n) is 10.0. The van der Waals surface area contributed by atoms with Crippen molar-refractivity contribution in [2.45, 2.75) is 66.2 Å². The molecular formula is C25H34. The smallest absolute Gasteiger partial charge is 0.0146 e. The van der Waals surface area contributed by atoms with Crippen LogP contribution in [0.4, 0.5) is 0 Å². The molecule has 0 radical (unpaired) electrons. The SMILES string of the molecule is CC(C)CC(CC1CCc2ccccc2-c2ccccc21)C(C)(C)C. The van der Waals surface area contributed by atoms with Gasteiger partial charge in [-0.3, -0.25) is 0 Å². The monoisotopic (exact) mass is 334 g/mol. The average molecular weight is 335 g/mol. The van der Waals surface area contributed by atoms with Crippen LogP contribution in [0, 0.1) is 17.3 Å². The Balaban J connectivity index is 1.96. The van der Waals surface area contributed by atoms with Crippen LogP contribution in [0.1, 0.15) is 70.9 Å². The minimum Gasteiger partial charge on any atom is -0.0628 e.